The van der Waals surface area contributed by atoms with E-state index >= 15 is 0 Å². The van der Waals surface area contributed by atoms with Crippen LogP contribution in [0.15, 0.2) is 32.1 Å². The number of pyridine rings is 1. The van der Waals surface area contributed by atoms with Crippen molar-refractivity contribution in [2.75, 3.05) is 0 Å². The number of rotatable bonds is 4. The molecule has 0 N–H and O–H groups in total. The number of hydrogen-bond donors (Lipinski definition) is 0. The van der Waals surface area contributed by atoms with Gasteiger partial charge >= 0.3 is 0 Å². The minimum absolute atomic E-state index is 0.0879. The maximum atomic E-state index is 11.6. The topological polar surface area (TPSA) is 60.9 Å². The summed E-state index contributed by atoms with van der Waals surface area (Å²) in [7, 11) is 0. The van der Waals surface area contributed by atoms with Crippen LogP contribution in [0, 0.1) is 0 Å². The van der Waals surface area contributed by atoms with E-state index in [0.29, 0.717) is 18.3 Å². The smallest absolute Gasteiger partial charge is 0.251 e. The molecule has 0 unspecified atom stereocenters. The Hall–Kier alpha value is -1.43. The zero-order valence-electron chi connectivity index (χ0n) is 9.39. The van der Waals surface area contributed by atoms with Crippen molar-refractivity contribution < 1.29 is 4.52 Å². The molecular weight excluding hydrogens is 286 g/mol. The Morgan fingerprint density at radius 1 is 1.47 bits per heavy atom. The van der Waals surface area contributed by atoms with Gasteiger partial charge < -0.3 is 9.09 Å². The van der Waals surface area contributed by atoms with Crippen LogP contribution < -0.4 is 5.56 Å². The van der Waals surface area contributed by atoms with E-state index in [1.54, 1.807) is 12.3 Å². The molecule has 5 nitrogen and oxygen atoms in total. The highest BCUT2D eigenvalue weighted by atomic mass is 79.9. The van der Waals surface area contributed by atoms with E-state index in [9.17, 15) is 4.79 Å². The van der Waals surface area contributed by atoms with Crippen molar-refractivity contribution in [3.63, 3.8) is 0 Å². The van der Waals surface area contributed by atoms with E-state index in [-0.39, 0.29) is 5.56 Å². The second-order valence-electron chi connectivity index (χ2n) is 3.67. The summed E-state index contributed by atoms with van der Waals surface area (Å²) in [5.41, 5.74) is -0.0879. The SMILES string of the molecule is CCCc1nc(Cn2cc(Br)ccc2=O)no1. The first kappa shape index (κ1) is 12.0. The minimum atomic E-state index is -0.0879. The van der Waals surface area contributed by atoms with Gasteiger partial charge in [-0.1, -0.05) is 12.1 Å². The average molecular weight is 298 g/mol. The minimum Gasteiger partial charge on any atom is -0.339 e. The van der Waals surface area contributed by atoms with Crippen LogP contribution in [0.25, 0.3) is 0 Å². The molecule has 0 spiro atoms. The predicted molar refractivity (Wildman–Crippen MR) is 65.8 cm³/mol. The van der Waals surface area contributed by atoms with Crippen LogP contribution in [0.4, 0.5) is 0 Å². The summed E-state index contributed by atoms with van der Waals surface area (Å²) in [5.74, 6) is 1.14. The molecule has 2 aromatic rings. The van der Waals surface area contributed by atoms with E-state index in [4.69, 9.17) is 4.52 Å². The summed E-state index contributed by atoms with van der Waals surface area (Å²) >= 11 is 3.32. The van der Waals surface area contributed by atoms with Crippen LogP contribution in [0.1, 0.15) is 25.1 Å². The fraction of sp³-hybridized carbons (Fsp3) is 0.364. The van der Waals surface area contributed by atoms with E-state index in [1.807, 2.05) is 6.92 Å². The third-order valence-electron chi connectivity index (χ3n) is 2.23. The largest absolute Gasteiger partial charge is 0.339 e. The molecule has 2 heterocycles. The molecule has 0 atom stereocenters. The van der Waals surface area contributed by atoms with Crippen LogP contribution in [0.5, 0.6) is 0 Å². The molecule has 17 heavy (non-hydrogen) atoms. The molecule has 0 aromatic carbocycles. The average Bonchev–Trinajstić information content (AvgIpc) is 2.72. The molecule has 0 bridgehead atoms. The van der Waals surface area contributed by atoms with Crippen molar-refractivity contribution >= 4 is 15.9 Å². The van der Waals surface area contributed by atoms with Crippen molar-refractivity contribution in [2.45, 2.75) is 26.3 Å². The lowest BCUT2D eigenvalue weighted by atomic mass is 10.3. The normalized spacial score (nSPS) is 10.7. The molecule has 90 valence electrons. The van der Waals surface area contributed by atoms with Gasteiger partial charge in [0.25, 0.3) is 5.56 Å². The number of hydrogen-bond acceptors (Lipinski definition) is 4. The molecule has 6 heteroatoms. The molecule has 0 saturated heterocycles. The van der Waals surface area contributed by atoms with Gasteiger partial charge in [0.1, 0.15) is 0 Å². The fourth-order valence-corrected chi connectivity index (χ4v) is 1.83. The van der Waals surface area contributed by atoms with Gasteiger partial charge in [-0.25, -0.2) is 0 Å². The van der Waals surface area contributed by atoms with Gasteiger partial charge in [0.15, 0.2) is 5.82 Å². The zero-order valence-corrected chi connectivity index (χ0v) is 11.0. The lowest BCUT2D eigenvalue weighted by molar-refractivity contribution is 0.371. The van der Waals surface area contributed by atoms with Gasteiger partial charge in [-0.15, -0.1) is 0 Å². The van der Waals surface area contributed by atoms with Gasteiger partial charge in [0, 0.05) is 23.2 Å². The summed E-state index contributed by atoms with van der Waals surface area (Å²) in [4.78, 5) is 15.8. The second kappa shape index (κ2) is 5.27. The van der Waals surface area contributed by atoms with Gasteiger partial charge in [-0.3, -0.25) is 4.79 Å². The third kappa shape index (κ3) is 3.03. The lowest BCUT2D eigenvalue weighted by Crippen LogP contribution is -2.19. The van der Waals surface area contributed by atoms with Crippen molar-refractivity contribution in [3.8, 4) is 0 Å². The molecule has 2 rings (SSSR count). The molecule has 0 fully saturated rings. The van der Waals surface area contributed by atoms with Gasteiger partial charge in [-0.05, 0) is 28.4 Å². The van der Waals surface area contributed by atoms with E-state index in [2.05, 4.69) is 26.1 Å². The van der Waals surface area contributed by atoms with Crippen molar-refractivity contribution in [1.82, 2.24) is 14.7 Å². The maximum absolute atomic E-state index is 11.6. The molecule has 0 aliphatic carbocycles. The zero-order chi connectivity index (χ0) is 12.3. The standard InChI is InChI=1S/C11H12BrN3O2/c1-2-3-10-13-9(14-17-10)7-15-6-8(12)4-5-11(15)16/h4-6H,2-3,7H2,1H3. The Labute approximate surface area is 107 Å². The maximum Gasteiger partial charge on any atom is 0.251 e. The summed E-state index contributed by atoms with van der Waals surface area (Å²) in [5, 5.41) is 3.84. The Balaban J connectivity index is 2.19. The summed E-state index contributed by atoms with van der Waals surface area (Å²) in [6.45, 7) is 2.37. The molecule has 0 radical (unpaired) electrons. The van der Waals surface area contributed by atoms with Crippen LogP contribution in [-0.4, -0.2) is 14.7 Å². The molecular formula is C11H12BrN3O2. The molecule has 0 saturated carbocycles. The Morgan fingerprint density at radius 2 is 2.29 bits per heavy atom. The lowest BCUT2D eigenvalue weighted by Gasteiger charge is -2.01. The fourth-order valence-electron chi connectivity index (χ4n) is 1.45. The third-order valence-corrected chi connectivity index (χ3v) is 2.70. The van der Waals surface area contributed by atoms with E-state index in [0.717, 1.165) is 17.3 Å². The number of nitrogens with zero attached hydrogens (tertiary/aromatic N) is 3. The van der Waals surface area contributed by atoms with Crippen LogP contribution in [0.2, 0.25) is 0 Å². The second-order valence-corrected chi connectivity index (χ2v) is 4.58. The summed E-state index contributed by atoms with van der Waals surface area (Å²) < 4.78 is 7.43. The van der Waals surface area contributed by atoms with E-state index in [1.165, 1.54) is 10.6 Å². The van der Waals surface area contributed by atoms with Crippen LogP contribution in [-0.2, 0) is 13.0 Å². The monoisotopic (exact) mass is 297 g/mol. The Kier molecular flexibility index (Phi) is 3.73. The van der Waals surface area contributed by atoms with Gasteiger partial charge in [0.2, 0.25) is 5.89 Å². The highest BCUT2D eigenvalue weighted by molar-refractivity contribution is 9.10. The molecule has 2 aromatic heterocycles. The highest BCUT2D eigenvalue weighted by Crippen LogP contribution is 2.06. The molecule has 0 amide bonds. The Bertz CT molecular complexity index is 562. The molecule has 0 aliphatic rings. The first-order chi connectivity index (χ1) is 8.19. The predicted octanol–water partition coefficient (Wildman–Crippen LogP) is 1.99. The van der Waals surface area contributed by atoms with Crippen LogP contribution in [0.3, 0.4) is 0 Å². The van der Waals surface area contributed by atoms with Crippen molar-refractivity contribution in [1.29, 1.82) is 0 Å². The highest BCUT2D eigenvalue weighted by Gasteiger charge is 2.07. The van der Waals surface area contributed by atoms with Crippen LogP contribution >= 0.6 is 15.9 Å². The summed E-state index contributed by atoms with van der Waals surface area (Å²) in [6.07, 6.45) is 3.43. The van der Waals surface area contributed by atoms with Crippen molar-refractivity contribution in [2.24, 2.45) is 0 Å². The quantitative estimate of drug-likeness (QED) is 0.866. The first-order valence-electron chi connectivity index (χ1n) is 5.36. The number of halogens is 1. The summed E-state index contributed by atoms with van der Waals surface area (Å²) in [6, 6.07) is 3.20. The molecule has 0 aliphatic heterocycles. The number of aromatic nitrogens is 3. The Morgan fingerprint density at radius 3 is 3.06 bits per heavy atom. The number of aryl methyl sites for hydroxylation is 1. The first-order valence-corrected chi connectivity index (χ1v) is 6.16. The van der Waals surface area contributed by atoms with Gasteiger partial charge in [0.05, 0.1) is 6.54 Å². The van der Waals surface area contributed by atoms with E-state index < -0.39 is 0 Å². The van der Waals surface area contributed by atoms with Crippen molar-refractivity contribution in [3.05, 3.63) is 44.9 Å². The van der Waals surface area contributed by atoms with Gasteiger partial charge in [-0.2, -0.15) is 4.98 Å².